The summed E-state index contributed by atoms with van der Waals surface area (Å²) in [6.07, 6.45) is 2.53. The third kappa shape index (κ3) is 2.59. The van der Waals surface area contributed by atoms with Gasteiger partial charge in [-0.2, -0.15) is 5.10 Å². The van der Waals surface area contributed by atoms with Gasteiger partial charge in [-0.05, 0) is 34.1 Å². The minimum atomic E-state index is -3.62. The Kier molecular flexibility index (Phi) is 3.07. The van der Waals surface area contributed by atoms with Crippen LogP contribution in [0.1, 0.15) is 0 Å². The quantitative estimate of drug-likeness (QED) is 0.748. The molecule has 1 aromatic carbocycles. The SMILES string of the molecule is Nc1ccc(NS(=O)(=O)c2cn[nH]c2)c(Br)c1. The van der Waals surface area contributed by atoms with Gasteiger partial charge >= 0.3 is 0 Å². The summed E-state index contributed by atoms with van der Waals surface area (Å²) in [7, 11) is -3.62. The number of aromatic nitrogens is 2. The lowest BCUT2D eigenvalue weighted by Gasteiger charge is -2.08. The van der Waals surface area contributed by atoms with Gasteiger partial charge in [0, 0.05) is 16.4 Å². The Hall–Kier alpha value is -1.54. The average molecular weight is 317 g/mol. The highest BCUT2D eigenvalue weighted by Crippen LogP contribution is 2.26. The number of hydrogen-bond acceptors (Lipinski definition) is 4. The Morgan fingerprint density at radius 2 is 2.18 bits per heavy atom. The van der Waals surface area contributed by atoms with Crippen LogP contribution >= 0.6 is 15.9 Å². The van der Waals surface area contributed by atoms with Crippen molar-refractivity contribution in [3.8, 4) is 0 Å². The zero-order valence-corrected chi connectivity index (χ0v) is 10.9. The fourth-order valence-corrected chi connectivity index (χ4v) is 2.82. The molecule has 0 unspecified atom stereocenters. The molecule has 0 radical (unpaired) electrons. The van der Waals surface area contributed by atoms with Crippen LogP contribution in [0.4, 0.5) is 11.4 Å². The number of nitrogens with zero attached hydrogens (tertiary/aromatic N) is 1. The molecule has 1 aromatic heterocycles. The molecule has 0 saturated heterocycles. The molecule has 2 rings (SSSR count). The lowest BCUT2D eigenvalue weighted by molar-refractivity contribution is 0.601. The molecule has 0 fully saturated rings. The van der Waals surface area contributed by atoms with Crippen molar-refractivity contribution in [3.05, 3.63) is 35.1 Å². The van der Waals surface area contributed by atoms with Gasteiger partial charge < -0.3 is 5.73 Å². The number of nitrogens with one attached hydrogen (secondary N) is 2. The third-order valence-corrected chi connectivity index (χ3v) is 4.01. The minimum absolute atomic E-state index is 0.0706. The second kappa shape index (κ2) is 4.38. The fourth-order valence-electron chi connectivity index (χ4n) is 1.20. The van der Waals surface area contributed by atoms with Crippen LogP contribution in [0.25, 0.3) is 0 Å². The Bertz CT molecular complexity index is 624. The second-order valence-electron chi connectivity index (χ2n) is 3.28. The number of halogens is 1. The molecule has 0 spiro atoms. The van der Waals surface area contributed by atoms with E-state index in [0.717, 1.165) is 0 Å². The average Bonchev–Trinajstić information content (AvgIpc) is 2.76. The van der Waals surface area contributed by atoms with Crippen molar-refractivity contribution < 1.29 is 8.42 Å². The lowest BCUT2D eigenvalue weighted by Crippen LogP contribution is -2.12. The predicted octanol–water partition coefficient (Wildman–Crippen LogP) is 1.56. The monoisotopic (exact) mass is 316 g/mol. The van der Waals surface area contributed by atoms with Gasteiger partial charge in [0.1, 0.15) is 4.90 Å². The standard InChI is InChI=1S/C9H9BrN4O2S/c10-8-3-6(11)1-2-9(8)14-17(15,16)7-4-12-13-5-7/h1-5,14H,11H2,(H,12,13). The van der Waals surface area contributed by atoms with Crippen molar-refractivity contribution in [1.82, 2.24) is 10.2 Å². The molecule has 0 atom stereocenters. The number of benzene rings is 1. The van der Waals surface area contributed by atoms with E-state index in [1.165, 1.54) is 12.4 Å². The molecular formula is C9H9BrN4O2S. The Labute approximate surface area is 106 Å². The van der Waals surface area contributed by atoms with E-state index in [-0.39, 0.29) is 4.90 Å². The highest BCUT2D eigenvalue weighted by atomic mass is 79.9. The third-order valence-electron chi connectivity index (χ3n) is 2.02. The van der Waals surface area contributed by atoms with E-state index in [1.54, 1.807) is 18.2 Å². The van der Waals surface area contributed by atoms with Gasteiger partial charge in [0.2, 0.25) is 0 Å². The van der Waals surface area contributed by atoms with Gasteiger partial charge in [0.05, 0.1) is 11.9 Å². The van der Waals surface area contributed by atoms with E-state index in [0.29, 0.717) is 15.8 Å². The van der Waals surface area contributed by atoms with Gasteiger partial charge in [-0.3, -0.25) is 9.82 Å². The van der Waals surface area contributed by atoms with Crippen LogP contribution in [0.15, 0.2) is 40.0 Å². The summed E-state index contributed by atoms with van der Waals surface area (Å²) in [5, 5.41) is 6.04. The van der Waals surface area contributed by atoms with Crippen molar-refractivity contribution in [2.45, 2.75) is 4.90 Å². The zero-order chi connectivity index (χ0) is 12.5. The fraction of sp³-hybridized carbons (Fsp3) is 0. The molecule has 1 heterocycles. The van der Waals surface area contributed by atoms with Crippen LogP contribution in [0.2, 0.25) is 0 Å². The first-order valence-corrected chi connectivity index (χ1v) is 6.83. The van der Waals surface area contributed by atoms with Gasteiger partial charge in [-0.1, -0.05) is 0 Å². The van der Waals surface area contributed by atoms with Crippen LogP contribution in [-0.2, 0) is 10.0 Å². The molecule has 4 N–H and O–H groups in total. The lowest BCUT2D eigenvalue weighted by atomic mass is 10.3. The minimum Gasteiger partial charge on any atom is -0.399 e. The molecule has 17 heavy (non-hydrogen) atoms. The highest BCUT2D eigenvalue weighted by molar-refractivity contribution is 9.10. The van der Waals surface area contributed by atoms with E-state index in [9.17, 15) is 8.42 Å². The number of aromatic amines is 1. The molecular weight excluding hydrogens is 308 g/mol. The maximum Gasteiger partial charge on any atom is 0.265 e. The summed E-state index contributed by atoms with van der Waals surface area (Å²) in [6.45, 7) is 0. The van der Waals surface area contributed by atoms with Crippen molar-refractivity contribution in [2.24, 2.45) is 0 Å². The van der Waals surface area contributed by atoms with Crippen LogP contribution in [0, 0.1) is 0 Å². The van der Waals surface area contributed by atoms with Gasteiger partial charge in [0.15, 0.2) is 0 Å². The molecule has 0 aliphatic rings. The van der Waals surface area contributed by atoms with E-state index in [4.69, 9.17) is 5.73 Å². The molecule has 0 amide bonds. The molecule has 8 heteroatoms. The molecule has 6 nitrogen and oxygen atoms in total. The molecule has 0 saturated carbocycles. The Morgan fingerprint density at radius 1 is 1.41 bits per heavy atom. The maximum absolute atomic E-state index is 11.9. The van der Waals surface area contributed by atoms with Gasteiger partial charge in [0.25, 0.3) is 10.0 Å². The van der Waals surface area contributed by atoms with Crippen molar-refractivity contribution in [2.75, 3.05) is 10.5 Å². The summed E-state index contributed by atoms with van der Waals surface area (Å²) >= 11 is 3.23. The highest BCUT2D eigenvalue weighted by Gasteiger charge is 2.16. The van der Waals surface area contributed by atoms with E-state index in [2.05, 4.69) is 30.8 Å². The number of nitrogen functional groups attached to an aromatic ring is 1. The summed E-state index contributed by atoms with van der Waals surface area (Å²) in [4.78, 5) is 0.0706. The van der Waals surface area contributed by atoms with Crippen LogP contribution < -0.4 is 10.5 Å². The van der Waals surface area contributed by atoms with Crippen molar-refractivity contribution >= 4 is 37.3 Å². The number of hydrogen-bond donors (Lipinski definition) is 3. The first kappa shape index (κ1) is 11.9. The first-order chi connectivity index (χ1) is 7.99. The second-order valence-corrected chi connectivity index (χ2v) is 5.82. The van der Waals surface area contributed by atoms with E-state index < -0.39 is 10.0 Å². The normalized spacial score (nSPS) is 11.4. The maximum atomic E-state index is 11.9. The first-order valence-electron chi connectivity index (χ1n) is 4.56. The van der Waals surface area contributed by atoms with Crippen LogP contribution in [0.3, 0.4) is 0 Å². The van der Waals surface area contributed by atoms with Crippen LogP contribution in [0.5, 0.6) is 0 Å². The zero-order valence-electron chi connectivity index (χ0n) is 8.51. The summed E-state index contributed by atoms with van der Waals surface area (Å²) in [5.74, 6) is 0. The Balaban J connectivity index is 2.33. The topological polar surface area (TPSA) is 101 Å². The number of anilines is 2. The number of sulfonamides is 1. The number of H-pyrrole nitrogens is 1. The van der Waals surface area contributed by atoms with Crippen molar-refractivity contribution in [3.63, 3.8) is 0 Å². The largest absolute Gasteiger partial charge is 0.399 e. The van der Waals surface area contributed by atoms with E-state index in [1.807, 2.05) is 0 Å². The van der Waals surface area contributed by atoms with E-state index >= 15 is 0 Å². The summed E-state index contributed by atoms with van der Waals surface area (Å²) in [6, 6.07) is 4.81. The Morgan fingerprint density at radius 3 is 2.76 bits per heavy atom. The summed E-state index contributed by atoms with van der Waals surface area (Å²) in [5.41, 5.74) is 6.53. The van der Waals surface area contributed by atoms with Gasteiger partial charge in [-0.25, -0.2) is 8.42 Å². The molecule has 0 aliphatic carbocycles. The molecule has 2 aromatic rings. The molecule has 0 aliphatic heterocycles. The summed E-state index contributed by atoms with van der Waals surface area (Å²) < 4.78 is 26.8. The number of rotatable bonds is 3. The van der Waals surface area contributed by atoms with Crippen LogP contribution in [-0.4, -0.2) is 18.6 Å². The van der Waals surface area contributed by atoms with Crippen molar-refractivity contribution in [1.29, 1.82) is 0 Å². The molecule has 90 valence electrons. The molecule has 0 bridgehead atoms. The van der Waals surface area contributed by atoms with Gasteiger partial charge in [-0.15, -0.1) is 0 Å². The predicted molar refractivity (Wildman–Crippen MR) is 68.0 cm³/mol. The smallest absolute Gasteiger partial charge is 0.265 e. The number of nitrogens with two attached hydrogens (primary N) is 1.